The van der Waals surface area contributed by atoms with Gasteiger partial charge in [0.2, 0.25) is 5.89 Å². The average molecular weight is 441 g/mol. The summed E-state index contributed by atoms with van der Waals surface area (Å²) in [4.78, 5) is 9.35. The van der Waals surface area contributed by atoms with E-state index in [2.05, 4.69) is 62.2 Å². The van der Waals surface area contributed by atoms with E-state index in [1.807, 2.05) is 29.8 Å². The third-order valence-electron chi connectivity index (χ3n) is 5.55. The van der Waals surface area contributed by atoms with Crippen LogP contribution in [0.4, 0.5) is 0 Å². The van der Waals surface area contributed by atoms with Crippen LogP contribution in [0.1, 0.15) is 28.1 Å². The van der Waals surface area contributed by atoms with Gasteiger partial charge in [0, 0.05) is 29.3 Å². The summed E-state index contributed by atoms with van der Waals surface area (Å²) in [5, 5.41) is 5.71. The summed E-state index contributed by atoms with van der Waals surface area (Å²) >= 11 is 1.65. The van der Waals surface area contributed by atoms with Gasteiger partial charge >= 0.3 is 0 Å². The number of aryl methyl sites for hydroxylation is 4. The SMILES string of the molecule is Cc1ccc(-c2nc(CSc3nccn4nc(-c5ccc(C)cc5C)cc34)c(C)o2)cc1. The van der Waals surface area contributed by atoms with Crippen LogP contribution in [0, 0.1) is 27.7 Å². The fourth-order valence-corrected chi connectivity index (χ4v) is 4.74. The van der Waals surface area contributed by atoms with Crippen LogP contribution < -0.4 is 0 Å². The Balaban J connectivity index is 1.41. The van der Waals surface area contributed by atoms with Gasteiger partial charge in [-0.3, -0.25) is 0 Å². The quantitative estimate of drug-likeness (QED) is 0.289. The lowest BCUT2D eigenvalue weighted by molar-refractivity contribution is 0.540. The van der Waals surface area contributed by atoms with Crippen molar-refractivity contribution >= 4 is 17.3 Å². The van der Waals surface area contributed by atoms with Crippen LogP contribution in [0.25, 0.3) is 28.2 Å². The zero-order valence-corrected chi connectivity index (χ0v) is 19.4. The van der Waals surface area contributed by atoms with Crippen molar-refractivity contribution in [1.29, 1.82) is 0 Å². The highest BCUT2D eigenvalue weighted by molar-refractivity contribution is 7.98. The van der Waals surface area contributed by atoms with Crippen molar-refractivity contribution in [2.75, 3.05) is 0 Å². The lowest BCUT2D eigenvalue weighted by Crippen LogP contribution is -1.92. The number of hydrogen-bond acceptors (Lipinski definition) is 5. The summed E-state index contributed by atoms with van der Waals surface area (Å²) in [7, 11) is 0. The minimum atomic E-state index is 0.658. The lowest BCUT2D eigenvalue weighted by Gasteiger charge is -2.02. The maximum Gasteiger partial charge on any atom is 0.226 e. The topological polar surface area (TPSA) is 56.2 Å². The first kappa shape index (κ1) is 20.5. The van der Waals surface area contributed by atoms with Gasteiger partial charge in [-0.15, -0.1) is 0 Å². The van der Waals surface area contributed by atoms with Crippen molar-refractivity contribution in [2.45, 2.75) is 38.5 Å². The number of aromatic nitrogens is 4. The minimum Gasteiger partial charge on any atom is -0.441 e. The Labute approximate surface area is 191 Å². The summed E-state index contributed by atoms with van der Waals surface area (Å²) in [5.74, 6) is 2.17. The molecule has 3 aromatic heterocycles. The van der Waals surface area contributed by atoms with Crippen LogP contribution >= 0.6 is 11.8 Å². The van der Waals surface area contributed by atoms with Crippen LogP contribution in [0.3, 0.4) is 0 Å². The molecule has 0 unspecified atom stereocenters. The number of fused-ring (bicyclic) bond motifs is 1. The minimum absolute atomic E-state index is 0.658. The highest BCUT2D eigenvalue weighted by Crippen LogP contribution is 2.31. The molecule has 0 aliphatic heterocycles. The fourth-order valence-electron chi connectivity index (χ4n) is 3.76. The van der Waals surface area contributed by atoms with Gasteiger partial charge in [-0.1, -0.05) is 53.2 Å². The molecule has 0 radical (unpaired) electrons. The first-order chi connectivity index (χ1) is 15.5. The predicted molar refractivity (Wildman–Crippen MR) is 129 cm³/mol. The first-order valence-electron chi connectivity index (χ1n) is 10.6. The number of hydrogen-bond donors (Lipinski definition) is 0. The van der Waals surface area contributed by atoms with Crippen molar-refractivity contribution in [3.63, 3.8) is 0 Å². The number of nitrogens with zero attached hydrogens (tertiary/aromatic N) is 4. The molecule has 5 aromatic rings. The largest absolute Gasteiger partial charge is 0.441 e. The second-order valence-electron chi connectivity index (χ2n) is 8.09. The Hall–Kier alpha value is -3.38. The fraction of sp³-hybridized carbons (Fsp3) is 0.192. The normalized spacial score (nSPS) is 11.4. The van der Waals surface area contributed by atoms with Crippen molar-refractivity contribution in [2.24, 2.45) is 0 Å². The Bertz CT molecular complexity index is 1420. The molecule has 0 saturated carbocycles. The molecule has 6 heteroatoms. The molecule has 0 spiro atoms. The first-order valence-corrected chi connectivity index (χ1v) is 11.5. The third-order valence-corrected chi connectivity index (χ3v) is 6.55. The molecule has 0 fully saturated rings. The Kier molecular flexibility index (Phi) is 5.31. The molecule has 160 valence electrons. The van der Waals surface area contributed by atoms with Crippen LogP contribution in [0.15, 0.2) is 70.4 Å². The summed E-state index contributed by atoms with van der Waals surface area (Å²) in [6.07, 6.45) is 3.69. The molecular weight excluding hydrogens is 416 g/mol. The molecule has 3 heterocycles. The van der Waals surface area contributed by atoms with Gasteiger partial charge in [0.05, 0.1) is 16.9 Å². The van der Waals surface area contributed by atoms with Gasteiger partial charge in [-0.05, 0) is 51.5 Å². The molecule has 5 nitrogen and oxygen atoms in total. The van der Waals surface area contributed by atoms with E-state index in [-0.39, 0.29) is 0 Å². The van der Waals surface area contributed by atoms with E-state index in [1.165, 1.54) is 16.7 Å². The molecule has 0 atom stereocenters. The van der Waals surface area contributed by atoms with E-state index in [9.17, 15) is 0 Å². The van der Waals surface area contributed by atoms with E-state index in [1.54, 1.807) is 18.0 Å². The zero-order chi connectivity index (χ0) is 22.2. The highest BCUT2D eigenvalue weighted by atomic mass is 32.2. The molecule has 2 aromatic carbocycles. The van der Waals surface area contributed by atoms with Crippen molar-refractivity contribution in [3.8, 4) is 22.7 Å². The maximum atomic E-state index is 5.94. The monoisotopic (exact) mass is 440 g/mol. The van der Waals surface area contributed by atoms with Gasteiger partial charge in [-0.25, -0.2) is 14.5 Å². The molecule has 0 aliphatic carbocycles. The number of benzene rings is 2. The van der Waals surface area contributed by atoms with Crippen LogP contribution in [0.2, 0.25) is 0 Å². The highest BCUT2D eigenvalue weighted by Gasteiger charge is 2.15. The van der Waals surface area contributed by atoms with Gasteiger partial charge in [0.25, 0.3) is 0 Å². The van der Waals surface area contributed by atoms with E-state index in [4.69, 9.17) is 14.5 Å². The van der Waals surface area contributed by atoms with Crippen molar-refractivity contribution in [3.05, 3.63) is 89.1 Å². The number of rotatable bonds is 5. The van der Waals surface area contributed by atoms with E-state index < -0.39 is 0 Å². The molecular formula is C26H24N4OS. The van der Waals surface area contributed by atoms with Gasteiger partial charge in [0.15, 0.2) is 0 Å². The van der Waals surface area contributed by atoms with E-state index in [0.29, 0.717) is 11.6 Å². The van der Waals surface area contributed by atoms with E-state index in [0.717, 1.165) is 38.8 Å². The standard InChI is InChI=1S/C26H24N4OS/c1-16-5-8-20(9-6-16)25-28-23(19(4)31-25)15-32-26-24-14-22(29-30(24)12-11-27-26)21-10-7-17(2)13-18(21)3/h5-14H,15H2,1-4H3. The van der Waals surface area contributed by atoms with Gasteiger partial charge in [0.1, 0.15) is 10.8 Å². The van der Waals surface area contributed by atoms with Crippen LogP contribution in [-0.4, -0.2) is 19.6 Å². The Morgan fingerprint density at radius 2 is 1.72 bits per heavy atom. The summed E-state index contributed by atoms with van der Waals surface area (Å²) in [6, 6.07) is 16.8. The van der Waals surface area contributed by atoms with E-state index >= 15 is 0 Å². The Morgan fingerprint density at radius 1 is 0.938 bits per heavy atom. The zero-order valence-electron chi connectivity index (χ0n) is 18.6. The third kappa shape index (κ3) is 3.94. The summed E-state index contributed by atoms with van der Waals surface area (Å²) < 4.78 is 7.84. The molecule has 0 N–H and O–H groups in total. The lowest BCUT2D eigenvalue weighted by atomic mass is 10.0. The Morgan fingerprint density at radius 3 is 2.50 bits per heavy atom. The summed E-state index contributed by atoms with van der Waals surface area (Å²) in [5.41, 5.74) is 8.70. The molecule has 0 amide bonds. The molecule has 0 saturated heterocycles. The second-order valence-corrected chi connectivity index (χ2v) is 9.05. The van der Waals surface area contributed by atoms with Gasteiger partial charge in [-0.2, -0.15) is 5.10 Å². The predicted octanol–water partition coefficient (Wildman–Crippen LogP) is 6.58. The average Bonchev–Trinajstić information content (AvgIpc) is 3.36. The van der Waals surface area contributed by atoms with Crippen LogP contribution in [0.5, 0.6) is 0 Å². The molecule has 0 bridgehead atoms. The number of thioether (sulfide) groups is 1. The summed E-state index contributed by atoms with van der Waals surface area (Å²) in [6.45, 7) is 8.27. The second kappa shape index (κ2) is 8.28. The van der Waals surface area contributed by atoms with Gasteiger partial charge < -0.3 is 4.42 Å². The molecule has 0 aliphatic rings. The van der Waals surface area contributed by atoms with Crippen LogP contribution in [-0.2, 0) is 5.75 Å². The molecule has 5 rings (SSSR count). The smallest absolute Gasteiger partial charge is 0.226 e. The number of oxazole rings is 1. The van der Waals surface area contributed by atoms with Crippen molar-refractivity contribution < 1.29 is 4.42 Å². The maximum absolute atomic E-state index is 5.94. The molecule has 32 heavy (non-hydrogen) atoms. The van der Waals surface area contributed by atoms with Crippen molar-refractivity contribution in [1.82, 2.24) is 19.6 Å².